The Morgan fingerprint density at radius 3 is 2.64 bits per heavy atom. The van der Waals surface area contributed by atoms with Gasteiger partial charge in [-0.25, -0.2) is 4.98 Å². The van der Waals surface area contributed by atoms with Crippen LogP contribution in [-0.2, 0) is 16.8 Å². The molecule has 3 rings (SSSR count). The maximum atomic E-state index is 12.5. The van der Waals surface area contributed by atoms with E-state index in [2.05, 4.69) is 31.1 Å². The van der Waals surface area contributed by atoms with Gasteiger partial charge in [0, 0.05) is 43.5 Å². The molecular formula is C22H31N3O2S. The molecule has 1 aromatic carbocycles. The molecule has 28 heavy (non-hydrogen) atoms. The van der Waals surface area contributed by atoms with Gasteiger partial charge in [0.25, 0.3) is 0 Å². The van der Waals surface area contributed by atoms with Gasteiger partial charge < -0.3 is 9.64 Å². The number of para-hydroxylation sites is 1. The Hall–Kier alpha value is -1.92. The van der Waals surface area contributed by atoms with Crippen molar-refractivity contribution in [3.8, 4) is 5.75 Å². The van der Waals surface area contributed by atoms with Gasteiger partial charge in [0.2, 0.25) is 5.91 Å². The predicted octanol–water partition coefficient (Wildman–Crippen LogP) is 3.94. The highest BCUT2D eigenvalue weighted by Crippen LogP contribution is 2.26. The van der Waals surface area contributed by atoms with E-state index in [9.17, 15) is 4.79 Å². The predicted molar refractivity (Wildman–Crippen MR) is 114 cm³/mol. The minimum absolute atomic E-state index is 0.104. The summed E-state index contributed by atoms with van der Waals surface area (Å²) in [6.07, 6.45) is 1.43. The number of carbonyl (C=O) groups excluding carboxylic acids is 1. The third kappa shape index (κ3) is 6.04. The van der Waals surface area contributed by atoms with Crippen LogP contribution in [0.3, 0.4) is 0 Å². The Morgan fingerprint density at radius 2 is 1.93 bits per heavy atom. The second-order valence-electron chi connectivity index (χ2n) is 8.32. The van der Waals surface area contributed by atoms with Crippen molar-refractivity contribution in [2.24, 2.45) is 0 Å². The molecule has 152 valence electrons. The Labute approximate surface area is 172 Å². The van der Waals surface area contributed by atoms with Crippen LogP contribution < -0.4 is 4.74 Å². The van der Waals surface area contributed by atoms with Gasteiger partial charge in [-0.1, -0.05) is 39.0 Å². The average Bonchev–Trinajstić information content (AvgIpc) is 3.01. The van der Waals surface area contributed by atoms with Crippen molar-refractivity contribution < 1.29 is 9.53 Å². The summed E-state index contributed by atoms with van der Waals surface area (Å²) in [4.78, 5) is 21.7. The Bertz CT molecular complexity index is 755. The number of nitrogens with zero attached hydrogens (tertiary/aromatic N) is 3. The smallest absolute Gasteiger partial charge is 0.226 e. The van der Waals surface area contributed by atoms with Crippen molar-refractivity contribution in [2.45, 2.75) is 45.6 Å². The summed E-state index contributed by atoms with van der Waals surface area (Å²) in [5.41, 5.74) is 1.25. The molecule has 0 saturated carbocycles. The number of amides is 1. The van der Waals surface area contributed by atoms with E-state index in [1.54, 1.807) is 11.3 Å². The standard InChI is InChI=1S/C22H31N3O2S/c1-22(2,3)21-23-18(17-28-21)16-24-11-7-12-25(14-13-24)20(26)10-15-27-19-8-5-4-6-9-19/h4-6,8-9,17H,7,10-16H2,1-3H3. The first-order valence-electron chi connectivity index (χ1n) is 10.0. The summed E-state index contributed by atoms with van der Waals surface area (Å²) in [6.45, 7) is 11.4. The number of hydrogen-bond donors (Lipinski definition) is 0. The molecular weight excluding hydrogens is 370 g/mol. The van der Waals surface area contributed by atoms with Gasteiger partial charge in [0.15, 0.2) is 0 Å². The van der Waals surface area contributed by atoms with E-state index in [0.717, 1.165) is 50.6 Å². The van der Waals surface area contributed by atoms with Crippen LogP contribution in [0.25, 0.3) is 0 Å². The van der Waals surface area contributed by atoms with E-state index in [1.165, 1.54) is 5.01 Å². The molecule has 0 unspecified atom stereocenters. The Kier molecular flexibility index (Phi) is 7.08. The molecule has 0 radical (unpaired) electrons. The van der Waals surface area contributed by atoms with E-state index in [-0.39, 0.29) is 11.3 Å². The van der Waals surface area contributed by atoms with E-state index in [4.69, 9.17) is 9.72 Å². The fourth-order valence-electron chi connectivity index (χ4n) is 3.26. The molecule has 0 bridgehead atoms. The zero-order chi connectivity index (χ0) is 20.0. The molecule has 0 atom stereocenters. The summed E-state index contributed by atoms with van der Waals surface area (Å²) in [5, 5.41) is 3.36. The average molecular weight is 402 g/mol. The van der Waals surface area contributed by atoms with Gasteiger partial charge in [-0.3, -0.25) is 9.69 Å². The van der Waals surface area contributed by atoms with Crippen molar-refractivity contribution in [1.82, 2.24) is 14.8 Å². The molecule has 1 fully saturated rings. The van der Waals surface area contributed by atoms with E-state index in [0.29, 0.717) is 13.0 Å². The van der Waals surface area contributed by atoms with Gasteiger partial charge in [-0.15, -0.1) is 11.3 Å². The van der Waals surface area contributed by atoms with Crippen LogP contribution in [0.4, 0.5) is 0 Å². The highest BCUT2D eigenvalue weighted by atomic mass is 32.1. The van der Waals surface area contributed by atoms with Crippen LogP contribution >= 0.6 is 11.3 Å². The van der Waals surface area contributed by atoms with Crippen molar-refractivity contribution in [3.63, 3.8) is 0 Å². The van der Waals surface area contributed by atoms with Gasteiger partial charge in [-0.2, -0.15) is 0 Å². The van der Waals surface area contributed by atoms with Crippen molar-refractivity contribution in [3.05, 3.63) is 46.4 Å². The van der Waals surface area contributed by atoms with Crippen LogP contribution in [0, 0.1) is 0 Å². The van der Waals surface area contributed by atoms with E-state index in [1.807, 2.05) is 35.2 Å². The first-order chi connectivity index (χ1) is 13.4. The molecule has 1 aromatic heterocycles. The molecule has 2 aromatic rings. The topological polar surface area (TPSA) is 45.7 Å². The molecule has 1 aliphatic rings. The minimum atomic E-state index is 0.104. The second kappa shape index (κ2) is 9.52. The number of aromatic nitrogens is 1. The lowest BCUT2D eigenvalue weighted by molar-refractivity contribution is -0.131. The summed E-state index contributed by atoms with van der Waals surface area (Å²) in [7, 11) is 0. The number of rotatable bonds is 6. The van der Waals surface area contributed by atoms with E-state index >= 15 is 0 Å². The van der Waals surface area contributed by atoms with Crippen LogP contribution in [0.5, 0.6) is 5.75 Å². The molecule has 0 N–H and O–H groups in total. The molecule has 6 heteroatoms. The lowest BCUT2D eigenvalue weighted by Crippen LogP contribution is -2.35. The Balaban J connectivity index is 1.43. The molecule has 1 amide bonds. The molecule has 1 saturated heterocycles. The third-order valence-electron chi connectivity index (χ3n) is 4.85. The maximum Gasteiger partial charge on any atom is 0.226 e. The molecule has 2 heterocycles. The third-order valence-corrected chi connectivity index (χ3v) is 6.16. The minimum Gasteiger partial charge on any atom is -0.493 e. The van der Waals surface area contributed by atoms with Gasteiger partial charge in [0.1, 0.15) is 5.75 Å². The summed E-state index contributed by atoms with van der Waals surface area (Å²) in [5.74, 6) is 0.997. The van der Waals surface area contributed by atoms with Crippen LogP contribution in [0.15, 0.2) is 35.7 Å². The Morgan fingerprint density at radius 1 is 1.14 bits per heavy atom. The first-order valence-corrected chi connectivity index (χ1v) is 10.9. The molecule has 0 spiro atoms. The van der Waals surface area contributed by atoms with Crippen LogP contribution in [0.2, 0.25) is 0 Å². The number of ether oxygens (including phenoxy) is 1. The summed E-state index contributed by atoms with van der Waals surface area (Å²) < 4.78 is 5.66. The number of hydrogen-bond acceptors (Lipinski definition) is 5. The zero-order valence-corrected chi connectivity index (χ0v) is 18.0. The fraction of sp³-hybridized carbons (Fsp3) is 0.545. The van der Waals surface area contributed by atoms with Gasteiger partial charge in [-0.05, 0) is 18.6 Å². The normalized spacial score (nSPS) is 16.0. The van der Waals surface area contributed by atoms with Gasteiger partial charge >= 0.3 is 0 Å². The fourth-order valence-corrected chi connectivity index (χ4v) is 4.16. The molecule has 1 aliphatic heterocycles. The number of carbonyl (C=O) groups is 1. The largest absolute Gasteiger partial charge is 0.493 e. The van der Waals surface area contributed by atoms with Crippen molar-refractivity contribution >= 4 is 17.2 Å². The lowest BCUT2D eigenvalue weighted by Gasteiger charge is -2.21. The molecule has 0 aliphatic carbocycles. The van der Waals surface area contributed by atoms with Crippen molar-refractivity contribution in [2.75, 3.05) is 32.8 Å². The molecule has 5 nitrogen and oxygen atoms in total. The second-order valence-corrected chi connectivity index (χ2v) is 9.17. The maximum absolute atomic E-state index is 12.5. The van der Waals surface area contributed by atoms with Gasteiger partial charge in [0.05, 0.1) is 23.7 Å². The SMILES string of the molecule is CC(C)(C)c1nc(CN2CCCN(C(=O)CCOc3ccccc3)CC2)cs1. The zero-order valence-electron chi connectivity index (χ0n) is 17.2. The van der Waals surface area contributed by atoms with Crippen LogP contribution in [-0.4, -0.2) is 53.5 Å². The van der Waals surface area contributed by atoms with E-state index < -0.39 is 0 Å². The van der Waals surface area contributed by atoms with Crippen molar-refractivity contribution in [1.29, 1.82) is 0 Å². The lowest BCUT2D eigenvalue weighted by atomic mass is 9.98. The summed E-state index contributed by atoms with van der Waals surface area (Å²) in [6, 6.07) is 9.66. The first kappa shape index (κ1) is 20.8. The highest BCUT2D eigenvalue weighted by molar-refractivity contribution is 7.09. The summed E-state index contributed by atoms with van der Waals surface area (Å²) >= 11 is 1.75. The monoisotopic (exact) mass is 401 g/mol. The number of benzene rings is 1. The number of thiazole rings is 1. The highest BCUT2D eigenvalue weighted by Gasteiger charge is 2.21. The quantitative estimate of drug-likeness (QED) is 0.735. The van der Waals surface area contributed by atoms with Crippen LogP contribution in [0.1, 0.15) is 44.3 Å².